The summed E-state index contributed by atoms with van der Waals surface area (Å²) in [5.74, 6) is 0. The number of rotatable bonds is 4. The third kappa shape index (κ3) is 4.38. The molecule has 0 bridgehead atoms. The molecule has 0 N–H and O–H groups in total. The van der Waals surface area contributed by atoms with Gasteiger partial charge in [0.1, 0.15) is 0 Å². The SMILES string of the molecule is N#Cc1ccc(-c2cccc(-n3c4ccccc4c4cc(C#N)ccc43)c2)c(-c2ccccc2-n2c3ccccc3c3cc(C#N)ccc32)c1. The summed E-state index contributed by atoms with van der Waals surface area (Å²) in [6.45, 7) is 0. The van der Waals surface area contributed by atoms with Crippen LogP contribution in [0.15, 0.2) is 152 Å². The highest BCUT2D eigenvalue weighted by atomic mass is 15.0. The van der Waals surface area contributed by atoms with E-state index < -0.39 is 0 Å². The maximum Gasteiger partial charge on any atom is 0.0991 e. The Morgan fingerprint density at radius 2 is 0.900 bits per heavy atom. The van der Waals surface area contributed by atoms with Crippen LogP contribution in [0.1, 0.15) is 16.7 Å². The summed E-state index contributed by atoms with van der Waals surface area (Å²) in [5, 5.41) is 33.6. The van der Waals surface area contributed by atoms with Gasteiger partial charge in [0.25, 0.3) is 0 Å². The first kappa shape index (κ1) is 28.8. The van der Waals surface area contributed by atoms with E-state index in [1.165, 1.54) is 0 Å². The summed E-state index contributed by atoms with van der Waals surface area (Å²) < 4.78 is 4.51. The molecule has 50 heavy (non-hydrogen) atoms. The molecular formula is C45H25N5. The van der Waals surface area contributed by atoms with E-state index in [2.05, 4.69) is 88.0 Å². The zero-order valence-electron chi connectivity index (χ0n) is 26.7. The molecule has 0 spiro atoms. The highest BCUT2D eigenvalue weighted by molar-refractivity contribution is 6.11. The van der Waals surface area contributed by atoms with Gasteiger partial charge in [-0.15, -0.1) is 0 Å². The molecule has 0 atom stereocenters. The Balaban J connectivity index is 1.28. The van der Waals surface area contributed by atoms with E-state index in [4.69, 9.17) is 0 Å². The third-order valence-corrected chi connectivity index (χ3v) is 9.60. The quantitative estimate of drug-likeness (QED) is 0.193. The van der Waals surface area contributed by atoms with Crippen molar-refractivity contribution in [2.45, 2.75) is 0 Å². The fraction of sp³-hybridized carbons (Fsp3) is 0. The smallest absolute Gasteiger partial charge is 0.0991 e. The molecule has 230 valence electrons. The van der Waals surface area contributed by atoms with E-state index in [1.54, 1.807) is 0 Å². The van der Waals surface area contributed by atoms with Crippen LogP contribution in [0.2, 0.25) is 0 Å². The number of benzene rings is 7. The summed E-state index contributed by atoms with van der Waals surface area (Å²) in [4.78, 5) is 0. The van der Waals surface area contributed by atoms with Gasteiger partial charge in [0.05, 0.1) is 62.7 Å². The van der Waals surface area contributed by atoms with Crippen molar-refractivity contribution in [1.82, 2.24) is 9.13 Å². The third-order valence-electron chi connectivity index (χ3n) is 9.60. The summed E-state index contributed by atoms with van der Waals surface area (Å²) in [6.07, 6.45) is 0. The first-order valence-electron chi connectivity index (χ1n) is 16.3. The Bertz CT molecular complexity index is 2970. The van der Waals surface area contributed by atoms with Crippen LogP contribution in [0.4, 0.5) is 0 Å². The predicted molar refractivity (Wildman–Crippen MR) is 200 cm³/mol. The van der Waals surface area contributed by atoms with Crippen LogP contribution in [0.5, 0.6) is 0 Å². The standard InChI is InChI=1S/C45H25N5/c46-26-29-16-19-34(32-8-7-9-33(25-32)49-41-13-4-2-11-36(41)39-23-30(27-47)17-20-44(39)49)38(22-29)35-10-1-5-14-42(35)50-43-15-6-3-12-37(43)40-24-31(28-48)18-21-45(40)50/h1-25H. The van der Waals surface area contributed by atoms with Gasteiger partial charge in [-0.1, -0.05) is 72.8 Å². The van der Waals surface area contributed by atoms with E-state index in [1.807, 2.05) is 91.0 Å². The van der Waals surface area contributed by atoms with Gasteiger partial charge in [-0.05, 0) is 95.6 Å². The largest absolute Gasteiger partial charge is 0.309 e. The second-order valence-corrected chi connectivity index (χ2v) is 12.3. The van der Waals surface area contributed by atoms with E-state index in [-0.39, 0.29) is 0 Å². The summed E-state index contributed by atoms with van der Waals surface area (Å²) in [7, 11) is 0. The molecule has 2 aromatic heterocycles. The lowest BCUT2D eigenvalue weighted by Gasteiger charge is -2.18. The van der Waals surface area contributed by atoms with Gasteiger partial charge in [-0.2, -0.15) is 15.8 Å². The van der Waals surface area contributed by atoms with Gasteiger partial charge in [-0.3, -0.25) is 0 Å². The fourth-order valence-corrected chi connectivity index (χ4v) is 7.42. The summed E-state index contributed by atoms with van der Waals surface area (Å²) >= 11 is 0. The average Bonchev–Trinajstić information content (AvgIpc) is 3.69. The van der Waals surface area contributed by atoms with Crippen molar-refractivity contribution in [2.24, 2.45) is 0 Å². The first-order valence-corrected chi connectivity index (χ1v) is 16.3. The van der Waals surface area contributed by atoms with Crippen LogP contribution < -0.4 is 0 Å². The van der Waals surface area contributed by atoms with E-state index in [9.17, 15) is 15.8 Å². The minimum absolute atomic E-state index is 0.575. The number of nitrogens with zero attached hydrogens (tertiary/aromatic N) is 5. The maximum atomic E-state index is 10.1. The van der Waals surface area contributed by atoms with Gasteiger partial charge in [0.2, 0.25) is 0 Å². The van der Waals surface area contributed by atoms with Crippen LogP contribution in [0.25, 0.3) is 77.2 Å². The van der Waals surface area contributed by atoms with Crippen molar-refractivity contribution >= 4 is 43.6 Å². The molecule has 0 saturated heterocycles. The molecule has 0 radical (unpaired) electrons. The second kappa shape index (κ2) is 11.4. The molecule has 0 aliphatic rings. The summed E-state index contributed by atoms with van der Waals surface area (Å²) in [6, 6.07) is 57.9. The zero-order valence-corrected chi connectivity index (χ0v) is 26.7. The lowest BCUT2D eigenvalue weighted by atomic mass is 9.91. The second-order valence-electron chi connectivity index (χ2n) is 12.3. The molecule has 5 heteroatoms. The molecule has 9 aromatic rings. The van der Waals surface area contributed by atoms with Crippen molar-refractivity contribution in [2.75, 3.05) is 0 Å². The predicted octanol–water partition coefficient (Wildman–Crippen LogP) is 10.8. The van der Waals surface area contributed by atoms with Gasteiger partial charge >= 0.3 is 0 Å². The highest BCUT2D eigenvalue weighted by Gasteiger charge is 2.19. The average molecular weight is 636 g/mol. The Hall–Kier alpha value is -7.39. The molecule has 0 unspecified atom stereocenters. The first-order chi connectivity index (χ1) is 24.7. The molecule has 0 amide bonds. The minimum Gasteiger partial charge on any atom is -0.309 e. The van der Waals surface area contributed by atoms with E-state index in [0.29, 0.717) is 16.7 Å². The molecule has 0 saturated carbocycles. The lowest BCUT2D eigenvalue weighted by Crippen LogP contribution is -1.99. The Labute approximate surface area is 287 Å². The van der Waals surface area contributed by atoms with Gasteiger partial charge in [0, 0.05) is 32.8 Å². The van der Waals surface area contributed by atoms with Crippen molar-refractivity contribution in [1.29, 1.82) is 15.8 Å². The minimum atomic E-state index is 0.575. The number of nitriles is 3. The number of hydrogen-bond donors (Lipinski definition) is 0. The van der Waals surface area contributed by atoms with Gasteiger partial charge in [0.15, 0.2) is 0 Å². The van der Waals surface area contributed by atoms with Crippen LogP contribution in [0, 0.1) is 34.0 Å². The molecule has 2 heterocycles. The normalized spacial score (nSPS) is 11.1. The summed E-state index contributed by atoms with van der Waals surface area (Å²) in [5.41, 5.74) is 11.9. The van der Waals surface area contributed by atoms with Crippen LogP contribution in [-0.4, -0.2) is 9.13 Å². The number of para-hydroxylation sites is 3. The molecule has 0 fully saturated rings. The fourth-order valence-electron chi connectivity index (χ4n) is 7.42. The number of fused-ring (bicyclic) bond motifs is 6. The van der Waals surface area contributed by atoms with E-state index >= 15 is 0 Å². The van der Waals surface area contributed by atoms with Gasteiger partial charge in [-0.25, -0.2) is 0 Å². The Morgan fingerprint density at radius 1 is 0.360 bits per heavy atom. The molecule has 5 nitrogen and oxygen atoms in total. The monoisotopic (exact) mass is 635 g/mol. The van der Waals surface area contributed by atoms with Crippen molar-refractivity contribution in [3.63, 3.8) is 0 Å². The number of hydrogen-bond acceptors (Lipinski definition) is 3. The van der Waals surface area contributed by atoms with Crippen molar-refractivity contribution < 1.29 is 0 Å². The Kier molecular flexibility index (Phi) is 6.56. The van der Waals surface area contributed by atoms with Crippen molar-refractivity contribution in [3.05, 3.63) is 168 Å². The number of aromatic nitrogens is 2. The maximum absolute atomic E-state index is 10.1. The lowest BCUT2D eigenvalue weighted by molar-refractivity contribution is 1.18. The van der Waals surface area contributed by atoms with Crippen LogP contribution in [0.3, 0.4) is 0 Å². The van der Waals surface area contributed by atoms with Crippen LogP contribution >= 0.6 is 0 Å². The topological polar surface area (TPSA) is 81.2 Å². The van der Waals surface area contributed by atoms with Gasteiger partial charge < -0.3 is 9.13 Å². The highest BCUT2D eigenvalue weighted by Crippen LogP contribution is 2.41. The van der Waals surface area contributed by atoms with Crippen molar-refractivity contribution in [3.8, 4) is 51.8 Å². The Morgan fingerprint density at radius 3 is 1.58 bits per heavy atom. The zero-order chi connectivity index (χ0) is 33.8. The molecule has 0 aliphatic carbocycles. The molecule has 7 aromatic carbocycles. The molecular weight excluding hydrogens is 611 g/mol. The van der Waals surface area contributed by atoms with Crippen LogP contribution in [-0.2, 0) is 0 Å². The molecule has 9 rings (SSSR count). The van der Waals surface area contributed by atoms with E-state index in [0.717, 1.165) is 77.2 Å². The molecule has 0 aliphatic heterocycles.